The molecule has 0 radical (unpaired) electrons. The second kappa shape index (κ2) is 16.2. The zero-order valence-electron chi connectivity index (χ0n) is 18.6. The fraction of sp³-hybridized carbons (Fsp3) is 0.375. The lowest BCUT2D eigenvalue weighted by Crippen LogP contribution is -2.22. The van der Waals surface area contributed by atoms with Gasteiger partial charge in [-0.15, -0.1) is 0 Å². The number of rotatable bonds is 16. The van der Waals surface area contributed by atoms with Gasteiger partial charge in [0.1, 0.15) is 0 Å². The van der Waals surface area contributed by atoms with Crippen molar-refractivity contribution in [3.63, 3.8) is 0 Å². The summed E-state index contributed by atoms with van der Waals surface area (Å²) in [6.45, 7) is 8.61. The Labute approximate surface area is 189 Å². The molecular weight excluding hydrogens is 412 g/mol. The highest BCUT2D eigenvalue weighted by Gasteiger charge is 2.06. The van der Waals surface area contributed by atoms with Crippen LogP contribution in [0.4, 0.5) is 0 Å². The molecule has 32 heavy (non-hydrogen) atoms. The molecule has 1 rings (SSSR count). The van der Waals surface area contributed by atoms with Gasteiger partial charge in [-0.25, -0.2) is 4.79 Å². The summed E-state index contributed by atoms with van der Waals surface area (Å²) in [5.74, 6) is 0.316. The molecule has 0 spiro atoms. The number of nitrogens with one attached hydrogen (secondary N) is 2. The fourth-order valence-corrected chi connectivity index (χ4v) is 2.50. The summed E-state index contributed by atoms with van der Waals surface area (Å²) >= 11 is 0. The number of carbonyl (C=O) groups is 3. The Bertz CT molecular complexity index is 804. The number of amides is 2. The van der Waals surface area contributed by atoms with E-state index in [1.807, 2.05) is 6.07 Å². The molecule has 0 aliphatic rings. The Hall–Kier alpha value is -3.55. The second-order valence-corrected chi connectivity index (χ2v) is 6.66. The molecule has 0 heterocycles. The predicted octanol–water partition coefficient (Wildman–Crippen LogP) is 2.80. The van der Waals surface area contributed by atoms with Crippen molar-refractivity contribution in [2.75, 3.05) is 33.4 Å². The van der Waals surface area contributed by atoms with Crippen molar-refractivity contribution in [1.29, 1.82) is 0 Å². The molecular formula is C24H32N2O6. The third kappa shape index (κ3) is 11.6. The maximum Gasteiger partial charge on any atom is 0.330 e. The SMILES string of the molecule is C=CC(=O)NCCCCOC(=O)C=Cc1ccc(OCCCCNC(=O)C=C)c(OC)c1. The number of ether oxygens (including phenoxy) is 3. The van der Waals surface area contributed by atoms with Crippen molar-refractivity contribution in [3.8, 4) is 11.5 Å². The first-order valence-electron chi connectivity index (χ1n) is 10.5. The van der Waals surface area contributed by atoms with Gasteiger partial charge in [0.05, 0.1) is 20.3 Å². The third-order valence-electron chi connectivity index (χ3n) is 4.21. The normalized spacial score (nSPS) is 10.3. The average Bonchev–Trinajstić information content (AvgIpc) is 2.81. The van der Waals surface area contributed by atoms with Gasteiger partial charge >= 0.3 is 5.97 Å². The van der Waals surface area contributed by atoms with Crippen LogP contribution < -0.4 is 20.1 Å². The highest BCUT2D eigenvalue weighted by Crippen LogP contribution is 2.28. The molecule has 0 fully saturated rings. The van der Waals surface area contributed by atoms with E-state index in [0.717, 1.165) is 18.4 Å². The summed E-state index contributed by atoms with van der Waals surface area (Å²) in [5.41, 5.74) is 0.769. The minimum Gasteiger partial charge on any atom is -0.493 e. The third-order valence-corrected chi connectivity index (χ3v) is 4.21. The van der Waals surface area contributed by atoms with Crippen molar-refractivity contribution < 1.29 is 28.6 Å². The van der Waals surface area contributed by atoms with Crippen LogP contribution in [0.2, 0.25) is 0 Å². The van der Waals surface area contributed by atoms with Crippen LogP contribution in [-0.2, 0) is 19.1 Å². The number of methoxy groups -OCH3 is 1. The number of unbranched alkanes of at least 4 members (excludes halogenated alkanes) is 2. The van der Waals surface area contributed by atoms with E-state index in [2.05, 4.69) is 23.8 Å². The van der Waals surface area contributed by atoms with Crippen molar-refractivity contribution >= 4 is 23.9 Å². The van der Waals surface area contributed by atoms with Crippen molar-refractivity contribution in [1.82, 2.24) is 10.6 Å². The van der Waals surface area contributed by atoms with Crippen LogP contribution in [0, 0.1) is 0 Å². The van der Waals surface area contributed by atoms with Gasteiger partial charge < -0.3 is 24.8 Å². The lowest BCUT2D eigenvalue weighted by molar-refractivity contribution is -0.137. The Kier molecular flexibility index (Phi) is 13.4. The molecule has 0 saturated heterocycles. The maximum atomic E-state index is 11.8. The first-order valence-corrected chi connectivity index (χ1v) is 10.5. The van der Waals surface area contributed by atoms with E-state index in [1.54, 1.807) is 25.3 Å². The van der Waals surface area contributed by atoms with Gasteiger partial charge in [0.2, 0.25) is 11.8 Å². The van der Waals surface area contributed by atoms with E-state index in [-0.39, 0.29) is 18.4 Å². The van der Waals surface area contributed by atoms with Crippen LogP contribution in [0.15, 0.2) is 49.6 Å². The van der Waals surface area contributed by atoms with Crippen molar-refractivity contribution in [3.05, 3.63) is 55.1 Å². The van der Waals surface area contributed by atoms with E-state index < -0.39 is 5.97 Å². The van der Waals surface area contributed by atoms with Gasteiger partial charge in [-0.1, -0.05) is 19.2 Å². The molecule has 0 atom stereocenters. The second-order valence-electron chi connectivity index (χ2n) is 6.66. The smallest absolute Gasteiger partial charge is 0.330 e. The van der Waals surface area contributed by atoms with E-state index >= 15 is 0 Å². The van der Waals surface area contributed by atoms with Gasteiger partial charge in [-0.2, -0.15) is 0 Å². The lowest BCUT2D eigenvalue weighted by atomic mass is 10.2. The molecule has 0 unspecified atom stereocenters. The quantitative estimate of drug-likeness (QED) is 0.231. The Morgan fingerprint density at radius 1 is 0.906 bits per heavy atom. The molecule has 2 amide bonds. The van der Waals surface area contributed by atoms with Crippen molar-refractivity contribution in [2.24, 2.45) is 0 Å². The van der Waals surface area contributed by atoms with Crippen LogP contribution >= 0.6 is 0 Å². The van der Waals surface area contributed by atoms with E-state index in [9.17, 15) is 14.4 Å². The molecule has 0 aromatic heterocycles. The minimum absolute atomic E-state index is 0.186. The highest BCUT2D eigenvalue weighted by atomic mass is 16.5. The number of benzene rings is 1. The molecule has 174 valence electrons. The number of carbonyl (C=O) groups excluding carboxylic acids is 3. The van der Waals surface area contributed by atoms with Gasteiger partial charge in [-0.3, -0.25) is 9.59 Å². The molecule has 0 saturated carbocycles. The van der Waals surface area contributed by atoms with Crippen LogP contribution in [0.3, 0.4) is 0 Å². The molecule has 8 heteroatoms. The Balaban J connectivity index is 2.35. The zero-order valence-corrected chi connectivity index (χ0v) is 18.6. The first kappa shape index (κ1) is 26.5. The van der Waals surface area contributed by atoms with E-state index in [1.165, 1.54) is 18.2 Å². The standard InChI is InChI=1S/C24H32N2O6/c1-4-22(27)25-14-6-8-16-31-20-12-10-19(18-21(20)30-3)11-13-24(29)32-17-9-7-15-26-23(28)5-2/h4-5,10-13,18H,1-2,6-9,14-17H2,3H3,(H,25,27)(H,26,28). The topological polar surface area (TPSA) is 103 Å². The molecule has 2 N–H and O–H groups in total. The monoisotopic (exact) mass is 444 g/mol. The molecule has 0 aliphatic heterocycles. The zero-order chi connectivity index (χ0) is 23.6. The summed E-state index contributed by atoms with van der Waals surface area (Å²) < 4.78 is 16.2. The first-order chi connectivity index (χ1) is 15.5. The Morgan fingerprint density at radius 3 is 2.12 bits per heavy atom. The van der Waals surface area contributed by atoms with Gasteiger partial charge in [-0.05, 0) is 61.6 Å². The number of hydrogen-bond acceptors (Lipinski definition) is 6. The van der Waals surface area contributed by atoms with Gasteiger partial charge in [0.25, 0.3) is 0 Å². The maximum absolute atomic E-state index is 11.8. The summed E-state index contributed by atoms with van der Waals surface area (Å²) in [6.07, 6.45) is 8.37. The lowest BCUT2D eigenvalue weighted by Gasteiger charge is -2.11. The number of esters is 1. The number of hydrogen-bond donors (Lipinski definition) is 2. The van der Waals surface area contributed by atoms with Crippen LogP contribution in [0.5, 0.6) is 11.5 Å². The van der Waals surface area contributed by atoms with Crippen LogP contribution in [-0.4, -0.2) is 51.2 Å². The fourth-order valence-electron chi connectivity index (χ4n) is 2.50. The predicted molar refractivity (Wildman–Crippen MR) is 123 cm³/mol. The highest BCUT2D eigenvalue weighted by molar-refractivity contribution is 5.87. The summed E-state index contributed by atoms with van der Waals surface area (Å²) in [6, 6.07) is 5.36. The molecule has 0 aliphatic carbocycles. The average molecular weight is 445 g/mol. The van der Waals surface area contributed by atoms with Gasteiger partial charge in [0, 0.05) is 19.2 Å². The van der Waals surface area contributed by atoms with E-state index in [4.69, 9.17) is 14.2 Å². The molecule has 8 nitrogen and oxygen atoms in total. The molecule has 1 aromatic carbocycles. The van der Waals surface area contributed by atoms with Gasteiger partial charge in [0.15, 0.2) is 11.5 Å². The van der Waals surface area contributed by atoms with E-state index in [0.29, 0.717) is 44.0 Å². The molecule has 0 bridgehead atoms. The van der Waals surface area contributed by atoms with Crippen LogP contribution in [0.1, 0.15) is 31.2 Å². The van der Waals surface area contributed by atoms with Crippen molar-refractivity contribution in [2.45, 2.75) is 25.7 Å². The summed E-state index contributed by atoms with van der Waals surface area (Å²) in [7, 11) is 1.55. The van der Waals surface area contributed by atoms with Crippen LogP contribution in [0.25, 0.3) is 6.08 Å². The summed E-state index contributed by atoms with van der Waals surface area (Å²) in [5, 5.41) is 5.37. The summed E-state index contributed by atoms with van der Waals surface area (Å²) in [4.78, 5) is 33.9. The minimum atomic E-state index is -0.442. The Morgan fingerprint density at radius 2 is 1.53 bits per heavy atom. The molecule has 1 aromatic rings. The largest absolute Gasteiger partial charge is 0.493 e.